The summed E-state index contributed by atoms with van der Waals surface area (Å²) in [7, 11) is 0. The maximum Gasteiger partial charge on any atom is 0.321 e. The number of rotatable bonds is 7. The van der Waals surface area contributed by atoms with E-state index in [2.05, 4.69) is 27.7 Å². The summed E-state index contributed by atoms with van der Waals surface area (Å²) in [6.07, 6.45) is 1.68. The molecule has 3 aliphatic heterocycles. The number of carbonyl (C=O) groups is 2. The number of ether oxygens (including phenoxy) is 1. The lowest BCUT2D eigenvalue weighted by Crippen LogP contribution is -2.38. The number of anilines is 1. The molecule has 0 spiro atoms. The van der Waals surface area contributed by atoms with E-state index >= 15 is 0 Å². The van der Waals surface area contributed by atoms with Crippen molar-refractivity contribution in [1.29, 1.82) is 0 Å². The molecule has 4 atom stereocenters. The monoisotopic (exact) mass is 462 g/mol. The molecule has 7 nitrogen and oxygen atoms in total. The second kappa shape index (κ2) is 10.6. The van der Waals surface area contributed by atoms with Crippen LogP contribution in [0.25, 0.3) is 0 Å². The Labute approximate surface area is 201 Å². The van der Waals surface area contributed by atoms with Gasteiger partial charge in [0.2, 0.25) is 5.91 Å². The first-order chi connectivity index (χ1) is 16.7. The number of nitrogens with one attached hydrogen (secondary N) is 2. The molecule has 0 aliphatic carbocycles. The van der Waals surface area contributed by atoms with Crippen LogP contribution in [-0.2, 0) is 9.53 Å². The van der Waals surface area contributed by atoms with Crippen LogP contribution in [0.3, 0.4) is 0 Å². The van der Waals surface area contributed by atoms with Gasteiger partial charge in [-0.25, -0.2) is 4.79 Å². The molecule has 2 aromatic carbocycles. The molecule has 7 heteroatoms. The van der Waals surface area contributed by atoms with E-state index in [9.17, 15) is 9.59 Å². The van der Waals surface area contributed by atoms with Crippen LogP contribution in [0.2, 0.25) is 0 Å². The molecule has 2 N–H and O–H groups in total. The van der Waals surface area contributed by atoms with Crippen LogP contribution >= 0.6 is 0 Å². The maximum atomic E-state index is 12.8. The molecular formula is C27H34N4O3. The zero-order valence-corrected chi connectivity index (χ0v) is 19.6. The van der Waals surface area contributed by atoms with Crippen molar-refractivity contribution in [3.05, 3.63) is 66.2 Å². The Hall–Kier alpha value is -2.90. The summed E-state index contributed by atoms with van der Waals surface area (Å²) in [5.41, 5.74) is 1.99. The lowest BCUT2D eigenvalue weighted by molar-refractivity contribution is -0.125. The van der Waals surface area contributed by atoms with Gasteiger partial charge in [-0.2, -0.15) is 0 Å². The third-order valence-corrected chi connectivity index (χ3v) is 7.43. The first-order valence-corrected chi connectivity index (χ1v) is 12.4. The Balaban J connectivity index is 1.12. The number of hydrogen-bond acceptors (Lipinski definition) is 4. The summed E-state index contributed by atoms with van der Waals surface area (Å²) in [5.74, 6) is 1.10. The minimum Gasteiger partial charge on any atom is -0.381 e. The predicted octanol–water partition coefficient (Wildman–Crippen LogP) is 3.37. The Kier molecular flexibility index (Phi) is 7.11. The van der Waals surface area contributed by atoms with Gasteiger partial charge in [-0.3, -0.25) is 4.79 Å². The first kappa shape index (κ1) is 22.9. The van der Waals surface area contributed by atoms with Crippen molar-refractivity contribution >= 4 is 17.6 Å². The average molecular weight is 463 g/mol. The molecule has 0 radical (unpaired) electrons. The van der Waals surface area contributed by atoms with Crippen LogP contribution in [0.1, 0.15) is 24.4 Å². The summed E-state index contributed by atoms with van der Waals surface area (Å²) in [5, 5.41) is 6.30. The quantitative estimate of drug-likeness (QED) is 0.662. The van der Waals surface area contributed by atoms with Crippen molar-refractivity contribution in [1.82, 2.24) is 15.1 Å². The molecule has 2 aromatic rings. The van der Waals surface area contributed by atoms with Crippen LogP contribution in [0.5, 0.6) is 0 Å². The Morgan fingerprint density at radius 2 is 1.62 bits per heavy atom. The van der Waals surface area contributed by atoms with Crippen molar-refractivity contribution in [2.24, 2.45) is 17.8 Å². The van der Waals surface area contributed by atoms with Gasteiger partial charge in [-0.15, -0.1) is 0 Å². The average Bonchev–Trinajstić information content (AvgIpc) is 3.60. The SMILES string of the molecule is O=C(N[C@@H](CCN1CC2CN(C(=O)Nc3ccccc3)CC2C1)c1ccccc1)C1CCOC1. The molecule has 3 saturated heterocycles. The smallest absolute Gasteiger partial charge is 0.321 e. The normalized spacial score (nSPS) is 25.2. The van der Waals surface area contributed by atoms with Gasteiger partial charge >= 0.3 is 6.03 Å². The summed E-state index contributed by atoms with van der Waals surface area (Å²) in [6, 6.07) is 19.9. The van der Waals surface area contributed by atoms with Crippen LogP contribution < -0.4 is 10.6 Å². The van der Waals surface area contributed by atoms with Crippen molar-refractivity contribution < 1.29 is 14.3 Å². The number of carbonyl (C=O) groups excluding carboxylic acids is 2. The summed E-state index contributed by atoms with van der Waals surface area (Å²) >= 11 is 0. The number of amides is 3. The van der Waals surface area contributed by atoms with E-state index in [4.69, 9.17) is 4.74 Å². The zero-order chi connectivity index (χ0) is 23.3. The fourth-order valence-corrected chi connectivity index (χ4v) is 5.51. The van der Waals surface area contributed by atoms with E-state index in [-0.39, 0.29) is 23.9 Å². The van der Waals surface area contributed by atoms with E-state index in [1.807, 2.05) is 53.4 Å². The molecule has 180 valence electrons. The Morgan fingerprint density at radius 1 is 0.941 bits per heavy atom. The first-order valence-electron chi connectivity index (χ1n) is 12.4. The molecule has 0 saturated carbocycles. The third-order valence-electron chi connectivity index (χ3n) is 7.43. The van der Waals surface area contributed by atoms with Gasteiger partial charge in [0.25, 0.3) is 0 Å². The molecule has 3 aliphatic rings. The molecule has 3 heterocycles. The highest BCUT2D eigenvalue weighted by Crippen LogP contribution is 2.32. The fraction of sp³-hybridized carbons (Fsp3) is 0.481. The molecule has 3 amide bonds. The lowest BCUT2D eigenvalue weighted by atomic mass is 10.0. The van der Waals surface area contributed by atoms with Gasteiger partial charge in [0.1, 0.15) is 0 Å². The van der Waals surface area contributed by atoms with Gasteiger partial charge in [0, 0.05) is 45.0 Å². The van der Waals surface area contributed by atoms with E-state index in [0.29, 0.717) is 25.0 Å². The highest BCUT2D eigenvalue weighted by atomic mass is 16.5. The van der Waals surface area contributed by atoms with Crippen LogP contribution in [0.15, 0.2) is 60.7 Å². The highest BCUT2D eigenvalue weighted by Gasteiger charge is 2.41. The number of fused-ring (bicyclic) bond motifs is 1. The third kappa shape index (κ3) is 5.42. The predicted molar refractivity (Wildman–Crippen MR) is 131 cm³/mol. The molecule has 5 rings (SSSR count). The fourth-order valence-electron chi connectivity index (χ4n) is 5.51. The van der Waals surface area contributed by atoms with E-state index < -0.39 is 0 Å². The second-order valence-corrected chi connectivity index (χ2v) is 9.80. The highest BCUT2D eigenvalue weighted by molar-refractivity contribution is 5.89. The number of nitrogens with zero attached hydrogens (tertiary/aromatic N) is 2. The summed E-state index contributed by atoms with van der Waals surface area (Å²) < 4.78 is 5.41. The van der Waals surface area contributed by atoms with Crippen molar-refractivity contribution in [3.8, 4) is 0 Å². The van der Waals surface area contributed by atoms with Crippen molar-refractivity contribution in [2.45, 2.75) is 18.9 Å². The topological polar surface area (TPSA) is 73.9 Å². The van der Waals surface area contributed by atoms with E-state index in [1.54, 1.807) is 0 Å². The largest absolute Gasteiger partial charge is 0.381 e. The van der Waals surface area contributed by atoms with Gasteiger partial charge in [-0.05, 0) is 42.4 Å². The Bertz CT molecular complexity index is 950. The Morgan fingerprint density at radius 3 is 2.26 bits per heavy atom. The summed E-state index contributed by atoms with van der Waals surface area (Å²) in [6.45, 7) is 5.75. The molecule has 0 bridgehead atoms. The zero-order valence-electron chi connectivity index (χ0n) is 19.6. The number of para-hydroxylation sites is 1. The second-order valence-electron chi connectivity index (χ2n) is 9.80. The van der Waals surface area contributed by atoms with Crippen LogP contribution in [0, 0.1) is 17.8 Å². The van der Waals surface area contributed by atoms with E-state index in [0.717, 1.165) is 56.8 Å². The molecule has 3 fully saturated rings. The van der Waals surface area contributed by atoms with Gasteiger partial charge in [0.15, 0.2) is 0 Å². The summed E-state index contributed by atoms with van der Waals surface area (Å²) in [4.78, 5) is 29.9. The molecule has 0 aromatic heterocycles. The number of likely N-dealkylation sites (tertiary alicyclic amines) is 2. The van der Waals surface area contributed by atoms with Crippen LogP contribution in [-0.4, -0.2) is 67.7 Å². The number of urea groups is 1. The minimum atomic E-state index is -0.0367. The maximum absolute atomic E-state index is 12.8. The minimum absolute atomic E-state index is 0.00268. The van der Waals surface area contributed by atoms with E-state index in [1.165, 1.54) is 0 Å². The van der Waals surface area contributed by atoms with Crippen molar-refractivity contribution in [3.63, 3.8) is 0 Å². The van der Waals surface area contributed by atoms with Gasteiger partial charge in [-0.1, -0.05) is 48.5 Å². The standard InChI is InChI=1S/C27H34N4O3/c32-26(21-12-14-34-19-21)29-25(20-7-3-1-4-8-20)11-13-30-15-22-17-31(18-23(22)16-30)27(33)28-24-9-5-2-6-10-24/h1-10,21-23,25H,11-19H2,(H,28,33)(H,29,32)/t21?,22?,23?,25-/m0/s1. The van der Waals surface area contributed by atoms with Gasteiger partial charge in [0.05, 0.1) is 18.6 Å². The lowest BCUT2D eigenvalue weighted by Gasteiger charge is -2.25. The van der Waals surface area contributed by atoms with Crippen LogP contribution in [0.4, 0.5) is 10.5 Å². The number of hydrogen-bond donors (Lipinski definition) is 2. The molecule has 3 unspecified atom stereocenters. The van der Waals surface area contributed by atoms with Crippen molar-refractivity contribution in [2.75, 3.05) is 51.3 Å². The molecular weight excluding hydrogens is 428 g/mol. The number of benzene rings is 2. The van der Waals surface area contributed by atoms with Gasteiger partial charge < -0.3 is 25.2 Å². The molecule has 34 heavy (non-hydrogen) atoms.